The van der Waals surface area contributed by atoms with Crippen molar-refractivity contribution in [1.29, 1.82) is 0 Å². The quantitative estimate of drug-likeness (QED) is 0.234. The molecular formula is C25H48N2O5. The molecule has 2 atom stereocenters. The molecule has 0 aromatic heterocycles. The monoisotopic (exact) mass is 456 g/mol. The third kappa shape index (κ3) is 10.7. The Bertz CT molecular complexity index is 550. The van der Waals surface area contributed by atoms with E-state index in [9.17, 15) is 14.4 Å². The SMILES string of the molecule is CCCCCCCCCCOC(=O)C(C(C)C)N(C)C(=O)C(C(C)C)N(C)C(=O)OCC. The minimum absolute atomic E-state index is 0.115. The Kier molecular flexibility index (Phi) is 15.8. The van der Waals surface area contributed by atoms with Gasteiger partial charge in [-0.3, -0.25) is 9.69 Å². The highest BCUT2D eigenvalue weighted by molar-refractivity contribution is 5.89. The normalized spacial score (nSPS) is 13.1. The molecule has 0 spiro atoms. The van der Waals surface area contributed by atoms with Gasteiger partial charge < -0.3 is 14.4 Å². The molecule has 0 aliphatic rings. The fourth-order valence-electron chi connectivity index (χ4n) is 3.95. The van der Waals surface area contributed by atoms with Crippen LogP contribution in [0.5, 0.6) is 0 Å². The van der Waals surface area contributed by atoms with E-state index in [0.29, 0.717) is 6.61 Å². The van der Waals surface area contributed by atoms with Gasteiger partial charge in [-0.25, -0.2) is 9.59 Å². The summed E-state index contributed by atoms with van der Waals surface area (Å²) in [5, 5.41) is 0. The Morgan fingerprint density at radius 2 is 1.19 bits per heavy atom. The van der Waals surface area contributed by atoms with Gasteiger partial charge in [0, 0.05) is 14.1 Å². The Balaban J connectivity index is 4.85. The summed E-state index contributed by atoms with van der Waals surface area (Å²) in [6.07, 6.45) is 8.83. The van der Waals surface area contributed by atoms with Crippen LogP contribution in [-0.2, 0) is 19.1 Å². The van der Waals surface area contributed by atoms with Crippen LogP contribution in [0.4, 0.5) is 4.79 Å². The van der Waals surface area contributed by atoms with Gasteiger partial charge in [0.25, 0.3) is 0 Å². The van der Waals surface area contributed by atoms with Crippen molar-refractivity contribution in [1.82, 2.24) is 9.80 Å². The second-order valence-electron chi connectivity index (χ2n) is 9.28. The zero-order valence-corrected chi connectivity index (χ0v) is 21.8. The number of likely N-dealkylation sites (N-methyl/N-ethyl adjacent to an activating group) is 2. The number of hydrogen-bond donors (Lipinski definition) is 0. The van der Waals surface area contributed by atoms with Gasteiger partial charge in [-0.05, 0) is 25.2 Å². The highest BCUT2D eigenvalue weighted by Crippen LogP contribution is 2.19. The van der Waals surface area contributed by atoms with Gasteiger partial charge >= 0.3 is 12.1 Å². The van der Waals surface area contributed by atoms with Crippen LogP contribution in [0, 0.1) is 11.8 Å². The van der Waals surface area contributed by atoms with E-state index >= 15 is 0 Å². The van der Waals surface area contributed by atoms with Crippen molar-refractivity contribution in [2.24, 2.45) is 11.8 Å². The fourth-order valence-corrected chi connectivity index (χ4v) is 3.95. The molecule has 7 heteroatoms. The first-order chi connectivity index (χ1) is 15.1. The van der Waals surface area contributed by atoms with Crippen molar-refractivity contribution in [3.8, 4) is 0 Å². The van der Waals surface area contributed by atoms with E-state index in [0.717, 1.165) is 19.3 Å². The highest BCUT2D eigenvalue weighted by Gasteiger charge is 2.38. The van der Waals surface area contributed by atoms with Crippen LogP contribution in [0.3, 0.4) is 0 Å². The lowest BCUT2D eigenvalue weighted by Gasteiger charge is -2.36. The minimum Gasteiger partial charge on any atom is -0.464 e. The number of amides is 2. The van der Waals surface area contributed by atoms with E-state index in [2.05, 4.69) is 6.92 Å². The number of hydrogen-bond acceptors (Lipinski definition) is 5. The summed E-state index contributed by atoms with van der Waals surface area (Å²) in [5.74, 6) is -0.936. The third-order valence-corrected chi connectivity index (χ3v) is 5.74. The van der Waals surface area contributed by atoms with Gasteiger partial charge in [-0.2, -0.15) is 0 Å². The summed E-state index contributed by atoms with van der Waals surface area (Å²) in [4.78, 5) is 41.0. The van der Waals surface area contributed by atoms with Crippen LogP contribution in [0.2, 0.25) is 0 Å². The molecule has 0 fully saturated rings. The maximum atomic E-state index is 13.3. The topological polar surface area (TPSA) is 76.2 Å². The van der Waals surface area contributed by atoms with E-state index in [4.69, 9.17) is 9.47 Å². The molecule has 0 saturated heterocycles. The summed E-state index contributed by atoms with van der Waals surface area (Å²) in [5.41, 5.74) is 0. The van der Waals surface area contributed by atoms with Crippen molar-refractivity contribution in [3.05, 3.63) is 0 Å². The van der Waals surface area contributed by atoms with Gasteiger partial charge in [-0.15, -0.1) is 0 Å². The van der Waals surface area contributed by atoms with Crippen LogP contribution in [0.15, 0.2) is 0 Å². The van der Waals surface area contributed by atoms with E-state index < -0.39 is 18.2 Å². The Hall–Kier alpha value is -1.79. The Morgan fingerprint density at radius 3 is 1.66 bits per heavy atom. The molecule has 0 aromatic carbocycles. The second-order valence-corrected chi connectivity index (χ2v) is 9.28. The fraction of sp³-hybridized carbons (Fsp3) is 0.880. The summed E-state index contributed by atoms with van der Waals surface area (Å²) < 4.78 is 10.6. The van der Waals surface area contributed by atoms with Crippen molar-refractivity contribution in [2.45, 2.75) is 105 Å². The van der Waals surface area contributed by atoms with Crippen molar-refractivity contribution in [3.63, 3.8) is 0 Å². The molecule has 0 rings (SSSR count). The molecule has 0 saturated carbocycles. The summed E-state index contributed by atoms with van der Waals surface area (Å²) in [6.45, 7) is 12.1. The minimum atomic E-state index is -0.721. The first kappa shape index (κ1) is 30.2. The molecular weight excluding hydrogens is 408 g/mol. The molecule has 0 aromatic rings. The molecule has 0 heterocycles. The molecule has 0 aliphatic heterocycles. The maximum Gasteiger partial charge on any atom is 0.410 e. The standard InChI is InChI=1S/C25H48N2O5/c1-9-11-12-13-14-15-16-17-18-32-24(29)22(20(5)6)26(7)23(28)21(19(3)4)27(8)25(30)31-10-2/h19-22H,9-18H2,1-8H3. The maximum absolute atomic E-state index is 13.3. The zero-order chi connectivity index (χ0) is 24.7. The largest absolute Gasteiger partial charge is 0.464 e. The molecule has 2 amide bonds. The summed E-state index contributed by atoms with van der Waals surface area (Å²) >= 11 is 0. The Labute approximate surface area is 196 Å². The van der Waals surface area contributed by atoms with Crippen LogP contribution in [-0.4, -0.2) is 67.2 Å². The van der Waals surface area contributed by atoms with Crippen molar-refractivity contribution >= 4 is 18.0 Å². The molecule has 0 radical (unpaired) electrons. The van der Waals surface area contributed by atoms with Gasteiger partial charge in [0.2, 0.25) is 5.91 Å². The average Bonchev–Trinajstić information content (AvgIpc) is 2.72. The second kappa shape index (κ2) is 16.8. The van der Waals surface area contributed by atoms with Gasteiger partial charge in [0.1, 0.15) is 12.1 Å². The van der Waals surface area contributed by atoms with Crippen LogP contribution >= 0.6 is 0 Å². The van der Waals surface area contributed by atoms with Gasteiger partial charge in [-0.1, -0.05) is 79.6 Å². The lowest BCUT2D eigenvalue weighted by molar-refractivity contribution is -0.158. The number of unbranched alkanes of at least 4 members (excludes halogenated alkanes) is 7. The van der Waals surface area contributed by atoms with Gasteiger partial charge in [0.15, 0.2) is 0 Å². The molecule has 0 N–H and O–H groups in total. The van der Waals surface area contributed by atoms with Crippen molar-refractivity contribution in [2.75, 3.05) is 27.3 Å². The smallest absolute Gasteiger partial charge is 0.410 e. The van der Waals surface area contributed by atoms with E-state index in [1.807, 2.05) is 27.7 Å². The molecule has 0 aliphatic carbocycles. The third-order valence-electron chi connectivity index (χ3n) is 5.74. The molecule has 32 heavy (non-hydrogen) atoms. The number of esters is 1. The van der Waals surface area contributed by atoms with E-state index in [1.54, 1.807) is 21.0 Å². The molecule has 0 bridgehead atoms. The lowest BCUT2D eigenvalue weighted by atomic mass is 9.98. The number of carbonyl (C=O) groups is 3. The number of nitrogens with zero attached hydrogens (tertiary/aromatic N) is 2. The average molecular weight is 457 g/mol. The van der Waals surface area contributed by atoms with Gasteiger partial charge in [0.05, 0.1) is 13.2 Å². The van der Waals surface area contributed by atoms with Crippen LogP contribution in [0.1, 0.15) is 92.9 Å². The summed E-state index contributed by atoms with van der Waals surface area (Å²) in [7, 11) is 3.16. The van der Waals surface area contributed by atoms with Crippen LogP contribution < -0.4 is 0 Å². The number of rotatable bonds is 16. The number of carbonyl (C=O) groups excluding carboxylic acids is 3. The summed E-state index contributed by atoms with van der Waals surface area (Å²) in [6, 6.07) is -1.42. The number of ether oxygens (including phenoxy) is 2. The predicted molar refractivity (Wildman–Crippen MR) is 128 cm³/mol. The first-order valence-corrected chi connectivity index (χ1v) is 12.4. The molecule has 2 unspecified atom stereocenters. The van der Waals surface area contributed by atoms with Crippen molar-refractivity contribution < 1.29 is 23.9 Å². The molecule has 188 valence electrons. The molecule has 7 nitrogen and oxygen atoms in total. The predicted octanol–water partition coefficient (Wildman–Crippen LogP) is 5.27. The lowest BCUT2D eigenvalue weighted by Crippen LogP contribution is -2.56. The van der Waals surface area contributed by atoms with Crippen LogP contribution in [0.25, 0.3) is 0 Å². The van der Waals surface area contributed by atoms with E-state index in [1.165, 1.54) is 41.9 Å². The zero-order valence-electron chi connectivity index (χ0n) is 21.8. The highest BCUT2D eigenvalue weighted by atomic mass is 16.6. The van der Waals surface area contributed by atoms with E-state index in [-0.39, 0.29) is 30.3 Å². The first-order valence-electron chi connectivity index (χ1n) is 12.4. The Morgan fingerprint density at radius 1 is 0.688 bits per heavy atom.